The molecule has 0 aromatic heterocycles. The molecule has 3 rings (SSSR count). The van der Waals surface area contributed by atoms with E-state index in [1.54, 1.807) is 7.11 Å². The van der Waals surface area contributed by atoms with Gasteiger partial charge in [-0.25, -0.2) is 0 Å². The molecule has 1 aromatic rings. The summed E-state index contributed by atoms with van der Waals surface area (Å²) in [5.41, 5.74) is 0.892. The Balaban J connectivity index is 1.65. The predicted molar refractivity (Wildman–Crippen MR) is 111 cm³/mol. The third kappa shape index (κ3) is 5.70. The number of para-hydroxylation sites is 1. The summed E-state index contributed by atoms with van der Waals surface area (Å²) < 4.78 is 5.38. The molecule has 0 bridgehead atoms. The van der Waals surface area contributed by atoms with Gasteiger partial charge in [-0.05, 0) is 31.9 Å². The van der Waals surface area contributed by atoms with Gasteiger partial charge < -0.3 is 19.6 Å². The molecule has 2 atom stereocenters. The SMILES string of the molecule is COc1ccccc1CC(=O)N1CC[C@@H](N2CCN(C)CC2)[C@@H](CCC(=O)O)C1. The van der Waals surface area contributed by atoms with Gasteiger partial charge in [0.1, 0.15) is 5.75 Å². The molecule has 2 heterocycles. The first-order chi connectivity index (χ1) is 14.0. The molecule has 1 aromatic carbocycles. The molecule has 29 heavy (non-hydrogen) atoms. The topological polar surface area (TPSA) is 73.3 Å². The smallest absolute Gasteiger partial charge is 0.303 e. The van der Waals surface area contributed by atoms with E-state index in [1.165, 1.54) is 0 Å². The third-order valence-corrected chi connectivity index (χ3v) is 6.32. The second-order valence-corrected chi connectivity index (χ2v) is 8.22. The fourth-order valence-corrected chi connectivity index (χ4v) is 4.60. The number of benzene rings is 1. The van der Waals surface area contributed by atoms with Crippen LogP contribution in [0.5, 0.6) is 5.75 Å². The maximum Gasteiger partial charge on any atom is 0.303 e. The minimum atomic E-state index is -0.764. The van der Waals surface area contributed by atoms with Crippen LogP contribution in [0.1, 0.15) is 24.8 Å². The van der Waals surface area contributed by atoms with Crippen molar-refractivity contribution in [3.63, 3.8) is 0 Å². The summed E-state index contributed by atoms with van der Waals surface area (Å²) in [6, 6.07) is 7.97. The number of carbonyl (C=O) groups is 2. The Labute approximate surface area is 173 Å². The van der Waals surface area contributed by atoms with Gasteiger partial charge in [0, 0.05) is 57.3 Å². The van der Waals surface area contributed by atoms with Gasteiger partial charge in [-0.2, -0.15) is 0 Å². The summed E-state index contributed by atoms with van der Waals surface area (Å²) >= 11 is 0. The van der Waals surface area contributed by atoms with E-state index in [0.29, 0.717) is 25.4 Å². The molecule has 160 valence electrons. The van der Waals surface area contributed by atoms with E-state index in [2.05, 4.69) is 16.8 Å². The van der Waals surface area contributed by atoms with E-state index >= 15 is 0 Å². The van der Waals surface area contributed by atoms with Crippen molar-refractivity contribution in [3.8, 4) is 5.75 Å². The molecule has 0 radical (unpaired) electrons. The fourth-order valence-electron chi connectivity index (χ4n) is 4.60. The first-order valence-electron chi connectivity index (χ1n) is 10.5. The molecule has 7 heteroatoms. The minimum Gasteiger partial charge on any atom is -0.496 e. The van der Waals surface area contributed by atoms with Crippen LogP contribution in [0.4, 0.5) is 0 Å². The zero-order valence-electron chi connectivity index (χ0n) is 17.5. The number of carbonyl (C=O) groups excluding carboxylic acids is 1. The predicted octanol–water partition coefficient (Wildman–Crippen LogP) is 1.57. The number of likely N-dealkylation sites (tertiary alicyclic amines) is 1. The highest BCUT2D eigenvalue weighted by atomic mass is 16.5. The number of rotatable bonds is 7. The number of methoxy groups -OCH3 is 1. The molecule has 1 N–H and O–H groups in total. The van der Waals surface area contributed by atoms with Crippen LogP contribution < -0.4 is 4.74 Å². The number of piperidine rings is 1. The molecule has 0 aliphatic carbocycles. The lowest BCUT2D eigenvalue weighted by Crippen LogP contribution is -2.57. The summed E-state index contributed by atoms with van der Waals surface area (Å²) in [5, 5.41) is 9.19. The van der Waals surface area contributed by atoms with Crippen molar-refractivity contribution in [3.05, 3.63) is 29.8 Å². The number of likely N-dealkylation sites (N-methyl/N-ethyl adjacent to an activating group) is 1. The Bertz CT molecular complexity index is 703. The first-order valence-corrected chi connectivity index (χ1v) is 10.5. The quantitative estimate of drug-likeness (QED) is 0.745. The second-order valence-electron chi connectivity index (χ2n) is 8.22. The lowest BCUT2D eigenvalue weighted by molar-refractivity contribution is -0.137. The van der Waals surface area contributed by atoms with E-state index in [9.17, 15) is 14.7 Å². The number of hydrogen-bond donors (Lipinski definition) is 1. The van der Waals surface area contributed by atoms with E-state index in [4.69, 9.17) is 4.74 Å². The number of ether oxygens (including phenoxy) is 1. The number of carboxylic acids is 1. The number of hydrogen-bond acceptors (Lipinski definition) is 5. The largest absolute Gasteiger partial charge is 0.496 e. The van der Waals surface area contributed by atoms with Crippen LogP contribution in [0.25, 0.3) is 0 Å². The Morgan fingerprint density at radius 2 is 1.86 bits per heavy atom. The molecule has 2 fully saturated rings. The van der Waals surface area contributed by atoms with Crippen LogP contribution in [-0.2, 0) is 16.0 Å². The van der Waals surface area contributed by atoms with Gasteiger partial charge in [0.15, 0.2) is 0 Å². The van der Waals surface area contributed by atoms with Crippen molar-refractivity contribution in [2.24, 2.45) is 5.92 Å². The molecule has 0 saturated carbocycles. The molecule has 2 aliphatic rings. The standard InChI is InChI=1S/C22H33N3O4/c1-23-11-13-24(14-12-23)19-9-10-25(16-18(19)7-8-22(27)28)21(26)15-17-5-3-4-6-20(17)29-2/h3-6,18-19H,7-16H2,1-2H3,(H,27,28)/t18-,19+/m0/s1. The Kier molecular flexibility index (Phi) is 7.50. The zero-order chi connectivity index (χ0) is 20.8. The third-order valence-electron chi connectivity index (χ3n) is 6.32. The van der Waals surface area contributed by atoms with Crippen molar-refractivity contribution in [2.75, 3.05) is 53.4 Å². The molecule has 2 aliphatic heterocycles. The fraction of sp³-hybridized carbons (Fsp3) is 0.636. The molecule has 1 amide bonds. The zero-order valence-corrected chi connectivity index (χ0v) is 17.5. The van der Waals surface area contributed by atoms with Crippen molar-refractivity contribution >= 4 is 11.9 Å². The van der Waals surface area contributed by atoms with E-state index in [-0.39, 0.29) is 18.2 Å². The van der Waals surface area contributed by atoms with E-state index in [0.717, 1.165) is 50.5 Å². The number of amides is 1. The summed E-state index contributed by atoms with van der Waals surface area (Å²) in [6.07, 6.45) is 1.99. The van der Waals surface area contributed by atoms with Crippen LogP contribution >= 0.6 is 0 Å². The van der Waals surface area contributed by atoms with E-state index in [1.807, 2.05) is 29.2 Å². The Hall–Kier alpha value is -2.12. The number of piperazine rings is 1. The second kappa shape index (κ2) is 10.1. The first kappa shape index (κ1) is 21.6. The number of nitrogens with zero attached hydrogens (tertiary/aromatic N) is 3. The van der Waals surface area contributed by atoms with Crippen LogP contribution in [0.3, 0.4) is 0 Å². The summed E-state index contributed by atoms with van der Waals surface area (Å²) in [7, 11) is 3.76. The highest BCUT2D eigenvalue weighted by Crippen LogP contribution is 2.28. The highest BCUT2D eigenvalue weighted by Gasteiger charge is 2.36. The van der Waals surface area contributed by atoms with Gasteiger partial charge in [-0.15, -0.1) is 0 Å². The van der Waals surface area contributed by atoms with Gasteiger partial charge in [0.2, 0.25) is 5.91 Å². The van der Waals surface area contributed by atoms with Crippen molar-refractivity contribution < 1.29 is 19.4 Å². The number of carboxylic acid groups (broad SMARTS) is 1. The average Bonchev–Trinajstić information content (AvgIpc) is 2.73. The number of aliphatic carboxylic acids is 1. The lowest BCUT2D eigenvalue weighted by Gasteiger charge is -2.46. The van der Waals surface area contributed by atoms with Gasteiger partial charge in [0.05, 0.1) is 13.5 Å². The van der Waals surface area contributed by atoms with Crippen molar-refractivity contribution in [2.45, 2.75) is 31.7 Å². The minimum absolute atomic E-state index is 0.0895. The van der Waals surface area contributed by atoms with E-state index < -0.39 is 5.97 Å². The molecule has 0 unspecified atom stereocenters. The average molecular weight is 404 g/mol. The maximum atomic E-state index is 13.0. The molecule has 0 spiro atoms. The summed E-state index contributed by atoms with van der Waals surface area (Å²) in [6.45, 7) is 5.48. The van der Waals surface area contributed by atoms with Gasteiger partial charge in [-0.1, -0.05) is 18.2 Å². The summed E-state index contributed by atoms with van der Waals surface area (Å²) in [5.74, 6) is 0.256. The Morgan fingerprint density at radius 3 is 2.55 bits per heavy atom. The molecular weight excluding hydrogens is 370 g/mol. The Morgan fingerprint density at radius 1 is 1.14 bits per heavy atom. The normalized spacial score (nSPS) is 23.7. The monoisotopic (exact) mass is 403 g/mol. The van der Waals surface area contributed by atoms with Crippen LogP contribution in [0.2, 0.25) is 0 Å². The summed E-state index contributed by atoms with van der Waals surface area (Å²) in [4.78, 5) is 30.9. The van der Waals surface area contributed by atoms with Crippen LogP contribution in [0, 0.1) is 5.92 Å². The van der Waals surface area contributed by atoms with Crippen molar-refractivity contribution in [1.29, 1.82) is 0 Å². The highest BCUT2D eigenvalue weighted by molar-refractivity contribution is 5.79. The molecular formula is C22H33N3O4. The molecule has 7 nitrogen and oxygen atoms in total. The molecule has 2 saturated heterocycles. The van der Waals surface area contributed by atoms with Crippen LogP contribution in [-0.4, -0.2) is 91.2 Å². The van der Waals surface area contributed by atoms with Gasteiger partial charge >= 0.3 is 5.97 Å². The maximum absolute atomic E-state index is 13.0. The lowest BCUT2D eigenvalue weighted by atomic mass is 9.86. The van der Waals surface area contributed by atoms with Crippen molar-refractivity contribution in [1.82, 2.24) is 14.7 Å². The van der Waals surface area contributed by atoms with Gasteiger partial charge in [0.25, 0.3) is 0 Å². The van der Waals surface area contributed by atoms with Crippen LogP contribution in [0.15, 0.2) is 24.3 Å². The van der Waals surface area contributed by atoms with Gasteiger partial charge in [-0.3, -0.25) is 14.5 Å².